The first kappa shape index (κ1) is 11.6. The first-order valence-corrected chi connectivity index (χ1v) is 5.88. The molecule has 0 aliphatic carbocycles. The number of aromatic carboxylic acids is 1. The molecule has 1 N–H and O–H groups in total. The van der Waals surface area contributed by atoms with Gasteiger partial charge in [0.2, 0.25) is 11.8 Å². The van der Waals surface area contributed by atoms with E-state index in [4.69, 9.17) is 5.11 Å². The van der Waals surface area contributed by atoms with Crippen LogP contribution in [0.25, 0.3) is 0 Å². The van der Waals surface area contributed by atoms with Crippen molar-refractivity contribution >= 4 is 35.4 Å². The summed E-state index contributed by atoms with van der Waals surface area (Å²) in [5.74, 6) is -1.40. The summed E-state index contributed by atoms with van der Waals surface area (Å²) in [6.45, 7) is 0. The van der Waals surface area contributed by atoms with Gasteiger partial charge in [-0.1, -0.05) is 0 Å². The van der Waals surface area contributed by atoms with Crippen LogP contribution >= 0.6 is 11.8 Å². The van der Waals surface area contributed by atoms with E-state index >= 15 is 0 Å². The largest absolute Gasteiger partial charge is 0.478 e. The minimum Gasteiger partial charge on any atom is -0.478 e. The fourth-order valence-corrected chi connectivity index (χ4v) is 2.13. The topological polar surface area (TPSA) is 87.6 Å². The second kappa shape index (κ2) is 4.54. The van der Waals surface area contributed by atoms with Gasteiger partial charge in [-0.25, -0.2) is 14.7 Å². The molecule has 2 heterocycles. The maximum Gasteiger partial charge on any atom is 0.335 e. The lowest BCUT2D eigenvalue weighted by Crippen LogP contribution is -2.43. The predicted molar refractivity (Wildman–Crippen MR) is 61.0 cm³/mol. The molecular weight excluding hydrogens is 244 g/mol. The van der Waals surface area contributed by atoms with Gasteiger partial charge in [0.05, 0.1) is 17.1 Å². The lowest BCUT2D eigenvalue weighted by Gasteiger charge is -2.23. The number of rotatable bonds is 2. The first-order chi connectivity index (χ1) is 8.09. The van der Waals surface area contributed by atoms with Gasteiger partial charge < -0.3 is 5.11 Å². The highest BCUT2D eigenvalue weighted by Gasteiger charge is 2.29. The molecular formula is C10H8N2O4S. The highest BCUT2D eigenvalue weighted by atomic mass is 32.2. The van der Waals surface area contributed by atoms with Gasteiger partial charge in [0, 0.05) is 6.20 Å². The van der Waals surface area contributed by atoms with E-state index < -0.39 is 5.97 Å². The lowest BCUT2D eigenvalue weighted by molar-refractivity contribution is -0.124. The maximum absolute atomic E-state index is 11.6. The maximum atomic E-state index is 11.6. The summed E-state index contributed by atoms with van der Waals surface area (Å²) in [7, 11) is 0. The third-order valence-electron chi connectivity index (χ3n) is 2.17. The van der Waals surface area contributed by atoms with E-state index in [2.05, 4.69) is 4.98 Å². The van der Waals surface area contributed by atoms with Crippen LogP contribution in [-0.2, 0) is 9.59 Å². The van der Waals surface area contributed by atoms with Gasteiger partial charge >= 0.3 is 5.97 Å². The van der Waals surface area contributed by atoms with E-state index in [-0.39, 0.29) is 34.7 Å². The standard InChI is InChI=1S/C10H8N2O4S/c13-8-4-17-5-9(14)12(8)7-3-6(10(15)16)1-2-11-7/h1-3H,4-5H2,(H,15,16). The van der Waals surface area contributed by atoms with Crippen LogP contribution in [0.2, 0.25) is 0 Å². The van der Waals surface area contributed by atoms with E-state index in [1.165, 1.54) is 30.1 Å². The smallest absolute Gasteiger partial charge is 0.335 e. The molecule has 7 heteroatoms. The molecule has 88 valence electrons. The summed E-state index contributed by atoms with van der Waals surface area (Å²) in [5.41, 5.74) is -0.00572. The molecule has 2 amide bonds. The molecule has 0 radical (unpaired) electrons. The number of anilines is 1. The summed E-state index contributed by atoms with van der Waals surface area (Å²) < 4.78 is 0. The molecule has 0 bridgehead atoms. The Balaban J connectivity index is 2.38. The van der Waals surface area contributed by atoms with Crippen molar-refractivity contribution in [2.75, 3.05) is 16.4 Å². The van der Waals surface area contributed by atoms with Crippen molar-refractivity contribution in [1.82, 2.24) is 4.98 Å². The number of imide groups is 1. The summed E-state index contributed by atoms with van der Waals surface area (Å²) in [6.07, 6.45) is 1.26. The zero-order valence-corrected chi connectivity index (χ0v) is 9.44. The molecule has 0 spiro atoms. The number of carboxylic acids is 1. The molecule has 2 rings (SSSR count). The molecule has 17 heavy (non-hydrogen) atoms. The summed E-state index contributed by atoms with van der Waals surface area (Å²) in [5, 5.41) is 8.82. The molecule has 1 aromatic rings. The fraction of sp³-hybridized carbons (Fsp3) is 0.200. The second-order valence-electron chi connectivity index (χ2n) is 3.32. The van der Waals surface area contributed by atoms with E-state index in [0.29, 0.717) is 0 Å². The second-order valence-corrected chi connectivity index (χ2v) is 4.31. The van der Waals surface area contributed by atoms with Crippen molar-refractivity contribution in [3.8, 4) is 0 Å². The van der Waals surface area contributed by atoms with Crippen molar-refractivity contribution in [3.05, 3.63) is 23.9 Å². The molecule has 6 nitrogen and oxygen atoms in total. The van der Waals surface area contributed by atoms with Gasteiger partial charge in [-0.2, -0.15) is 0 Å². The molecule has 0 aromatic carbocycles. The molecule has 0 unspecified atom stereocenters. The lowest BCUT2D eigenvalue weighted by atomic mass is 10.2. The molecule has 1 fully saturated rings. The SMILES string of the molecule is O=C(O)c1ccnc(N2C(=O)CSCC2=O)c1. The van der Waals surface area contributed by atoms with Crippen molar-refractivity contribution in [1.29, 1.82) is 0 Å². The minimum atomic E-state index is -1.13. The zero-order valence-electron chi connectivity index (χ0n) is 8.62. The van der Waals surface area contributed by atoms with E-state index in [1.54, 1.807) is 0 Å². The number of carbonyl (C=O) groups is 3. The van der Waals surface area contributed by atoms with Crippen LogP contribution in [0.3, 0.4) is 0 Å². The van der Waals surface area contributed by atoms with E-state index in [1.807, 2.05) is 0 Å². The van der Waals surface area contributed by atoms with Gasteiger partial charge in [-0.05, 0) is 12.1 Å². The third kappa shape index (κ3) is 2.28. The monoisotopic (exact) mass is 252 g/mol. The Morgan fingerprint density at radius 3 is 2.59 bits per heavy atom. The fourth-order valence-electron chi connectivity index (χ4n) is 1.42. The average molecular weight is 252 g/mol. The van der Waals surface area contributed by atoms with E-state index in [9.17, 15) is 14.4 Å². The number of hydrogen-bond acceptors (Lipinski definition) is 5. The molecule has 1 aliphatic heterocycles. The predicted octanol–water partition coefficient (Wildman–Crippen LogP) is 0.386. The number of carboxylic acid groups (broad SMARTS) is 1. The van der Waals surface area contributed by atoms with Crippen LogP contribution in [0, 0.1) is 0 Å². The molecule has 1 saturated heterocycles. The minimum absolute atomic E-state index is 0.00572. The molecule has 1 aliphatic rings. The van der Waals surface area contributed by atoms with Gasteiger partial charge in [0.15, 0.2) is 0 Å². The number of pyridine rings is 1. The number of hydrogen-bond donors (Lipinski definition) is 1. The number of aromatic nitrogens is 1. The first-order valence-electron chi connectivity index (χ1n) is 4.72. The van der Waals surface area contributed by atoms with Crippen LogP contribution in [0.1, 0.15) is 10.4 Å². The van der Waals surface area contributed by atoms with E-state index in [0.717, 1.165) is 4.90 Å². The highest BCUT2D eigenvalue weighted by molar-refractivity contribution is 8.00. The van der Waals surface area contributed by atoms with Crippen LogP contribution < -0.4 is 4.90 Å². The summed E-state index contributed by atoms with van der Waals surface area (Å²) >= 11 is 1.24. The Kier molecular flexibility index (Phi) is 3.10. The molecule has 1 aromatic heterocycles. The van der Waals surface area contributed by atoms with Crippen molar-refractivity contribution in [2.45, 2.75) is 0 Å². The van der Waals surface area contributed by atoms with Gasteiger partial charge in [-0.3, -0.25) is 9.59 Å². The van der Waals surface area contributed by atoms with Crippen LogP contribution in [0.5, 0.6) is 0 Å². The van der Waals surface area contributed by atoms with Crippen molar-refractivity contribution in [3.63, 3.8) is 0 Å². The van der Waals surface area contributed by atoms with Gasteiger partial charge in [0.25, 0.3) is 0 Å². The quantitative estimate of drug-likeness (QED) is 0.766. The Hall–Kier alpha value is -1.89. The normalized spacial score (nSPS) is 16.1. The van der Waals surface area contributed by atoms with Crippen LogP contribution in [-0.4, -0.2) is 39.4 Å². The number of thioether (sulfide) groups is 1. The Morgan fingerprint density at radius 1 is 1.35 bits per heavy atom. The molecule has 0 atom stereocenters. The van der Waals surface area contributed by atoms with Gasteiger partial charge in [0.1, 0.15) is 5.82 Å². The summed E-state index contributed by atoms with van der Waals surface area (Å²) in [4.78, 5) is 38.7. The van der Waals surface area contributed by atoms with Crippen molar-refractivity contribution in [2.24, 2.45) is 0 Å². The van der Waals surface area contributed by atoms with Crippen LogP contribution in [0.15, 0.2) is 18.3 Å². The Bertz CT molecular complexity index is 487. The van der Waals surface area contributed by atoms with Gasteiger partial charge in [-0.15, -0.1) is 11.8 Å². The highest BCUT2D eigenvalue weighted by Crippen LogP contribution is 2.20. The summed E-state index contributed by atoms with van der Waals surface area (Å²) in [6, 6.07) is 2.52. The average Bonchev–Trinajstić information content (AvgIpc) is 2.29. The van der Waals surface area contributed by atoms with Crippen molar-refractivity contribution < 1.29 is 19.5 Å². The Labute approximate surface area is 101 Å². The number of nitrogens with zero attached hydrogens (tertiary/aromatic N) is 2. The zero-order chi connectivity index (χ0) is 12.4. The molecule has 0 saturated carbocycles. The Morgan fingerprint density at radius 2 is 2.00 bits per heavy atom. The number of amides is 2. The third-order valence-corrected chi connectivity index (χ3v) is 3.07. The van der Waals surface area contributed by atoms with Crippen LogP contribution in [0.4, 0.5) is 5.82 Å². The number of carbonyl (C=O) groups excluding carboxylic acids is 2.